The maximum atomic E-state index is 12.2. The Morgan fingerprint density at radius 3 is 2.33 bits per heavy atom. The van der Waals surface area contributed by atoms with Gasteiger partial charge in [-0.15, -0.1) is 0 Å². The minimum absolute atomic E-state index is 0.0279. The second-order valence-corrected chi connectivity index (χ2v) is 5.52. The van der Waals surface area contributed by atoms with Gasteiger partial charge in [-0.2, -0.15) is 0 Å². The molecule has 0 heterocycles. The summed E-state index contributed by atoms with van der Waals surface area (Å²) in [6.07, 6.45) is 0. The summed E-state index contributed by atoms with van der Waals surface area (Å²) in [5, 5.41) is 1.03. The van der Waals surface area contributed by atoms with Crippen LogP contribution in [-0.2, 0) is 0 Å². The van der Waals surface area contributed by atoms with Crippen molar-refractivity contribution in [3.05, 3.63) is 69.7 Å². The Labute approximate surface area is 124 Å². The maximum absolute atomic E-state index is 12.2. The topological polar surface area (TPSA) is 17.1 Å². The molecular weight excluding hydrogens is 335 g/mol. The molecule has 2 aromatic rings. The minimum Gasteiger partial charge on any atom is -0.293 e. The molecule has 2 rings (SSSR count). The molecule has 0 bridgehead atoms. The van der Waals surface area contributed by atoms with E-state index in [4.69, 9.17) is 23.2 Å². The highest BCUT2D eigenvalue weighted by Crippen LogP contribution is 2.33. The molecule has 0 fully saturated rings. The number of carbonyl (C=O) groups is 1. The fraction of sp³-hybridized carbons (Fsp3) is 0.0714. The standard InChI is InChI=1S/C14H9BrCl2O/c15-13(11-7-6-10(16)8-12(11)17)14(18)9-4-2-1-3-5-9/h1-8,13H. The van der Waals surface area contributed by atoms with Gasteiger partial charge in [0, 0.05) is 15.6 Å². The van der Waals surface area contributed by atoms with Gasteiger partial charge in [-0.25, -0.2) is 0 Å². The summed E-state index contributed by atoms with van der Waals surface area (Å²) in [4.78, 5) is 11.8. The van der Waals surface area contributed by atoms with Crippen LogP contribution in [0.2, 0.25) is 10.0 Å². The molecule has 0 aliphatic rings. The SMILES string of the molecule is O=C(c1ccccc1)C(Br)c1ccc(Cl)cc1Cl. The highest BCUT2D eigenvalue weighted by molar-refractivity contribution is 9.09. The Kier molecular flexibility index (Phi) is 4.44. The number of alkyl halides is 1. The van der Waals surface area contributed by atoms with E-state index >= 15 is 0 Å². The monoisotopic (exact) mass is 342 g/mol. The summed E-state index contributed by atoms with van der Waals surface area (Å²) in [6, 6.07) is 14.2. The zero-order chi connectivity index (χ0) is 13.1. The number of Topliss-reactive ketones (excluding diaryl/α,β-unsaturated/α-hetero) is 1. The van der Waals surface area contributed by atoms with Crippen molar-refractivity contribution in [2.45, 2.75) is 4.83 Å². The molecule has 0 saturated heterocycles. The molecule has 0 N–H and O–H groups in total. The average Bonchev–Trinajstić information content (AvgIpc) is 2.38. The van der Waals surface area contributed by atoms with E-state index in [2.05, 4.69) is 15.9 Å². The Hall–Kier alpha value is -0.830. The van der Waals surface area contributed by atoms with Crippen molar-refractivity contribution >= 4 is 44.9 Å². The predicted molar refractivity (Wildman–Crippen MR) is 78.9 cm³/mol. The quantitative estimate of drug-likeness (QED) is 0.545. The molecule has 0 aliphatic carbocycles. The van der Waals surface area contributed by atoms with Gasteiger partial charge in [0.15, 0.2) is 5.78 Å². The van der Waals surface area contributed by atoms with Crippen molar-refractivity contribution in [1.29, 1.82) is 0 Å². The lowest BCUT2D eigenvalue weighted by molar-refractivity contribution is 0.0991. The molecule has 0 aliphatic heterocycles. The van der Waals surface area contributed by atoms with Crippen LogP contribution in [0.15, 0.2) is 48.5 Å². The second-order valence-electron chi connectivity index (χ2n) is 3.76. The first-order chi connectivity index (χ1) is 8.59. The van der Waals surface area contributed by atoms with E-state index in [-0.39, 0.29) is 5.78 Å². The molecule has 2 aromatic carbocycles. The van der Waals surface area contributed by atoms with Crippen molar-refractivity contribution in [2.75, 3.05) is 0 Å². The van der Waals surface area contributed by atoms with Crippen LogP contribution >= 0.6 is 39.1 Å². The van der Waals surface area contributed by atoms with E-state index in [1.807, 2.05) is 18.2 Å². The van der Waals surface area contributed by atoms with Crippen LogP contribution in [0, 0.1) is 0 Å². The van der Waals surface area contributed by atoms with Gasteiger partial charge in [0.1, 0.15) is 4.83 Å². The van der Waals surface area contributed by atoms with Gasteiger partial charge >= 0.3 is 0 Å². The van der Waals surface area contributed by atoms with E-state index in [9.17, 15) is 4.79 Å². The lowest BCUT2D eigenvalue weighted by Gasteiger charge is -2.11. The summed E-state index contributed by atoms with van der Waals surface area (Å²) in [6.45, 7) is 0. The predicted octanol–water partition coefficient (Wildman–Crippen LogP) is 5.31. The fourth-order valence-corrected chi connectivity index (χ4v) is 2.91. The van der Waals surface area contributed by atoms with E-state index in [1.165, 1.54) is 0 Å². The third-order valence-electron chi connectivity index (χ3n) is 2.52. The van der Waals surface area contributed by atoms with Crippen LogP contribution in [0.4, 0.5) is 0 Å². The summed E-state index contributed by atoms with van der Waals surface area (Å²) < 4.78 is 0. The van der Waals surface area contributed by atoms with Crippen molar-refractivity contribution in [1.82, 2.24) is 0 Å². The zero-order valence-electron chi connectivity index (χ0n) is 9.24. The molecular formula is C14H9BrCl2O. The van der Waals surface area contributed by atoms with Gasteiger partial charge in [-0.1, -0.05) is 75.5 Å². The number of ketones is 1. The summed E-state index contributed by atoms with van der Waals surface area (Å²) in [5.74, 6) is -0.0279. The molecule has 0 spiro atoms. The molecule has 0 aromatic heterocycles. The molecule has 0 saturated carbocycles. The first-order valence-corrected chi connectivity index (χ1v) is 6.95. The first kappa shape index (κ1) is 13.6. The zero-order valence-corrected chi connectivity index (χ0v) is 12.3. The molecule has 18 heavy (non-hydrogen) atoms. The van der Waals surface area contributed by atoms with Crippen LogP contribution in [0.5, 0.6) is 0 Å². The Morgan fingerprint density at radius 2 is 1.72 bits per heavy atom. The van der Waals surface area contributed by atoms with Crippen molar-refractivity contribution in [2.24, 2.45) is 0 Å². The average molecular weight is 344 g/mol. The van der Waals surface area contributed by atoms with Gasteiger partial charge in [-0.3, -0.25) is 4.79 Å². The number of halogens is 3. The second kappa shape index (κ2) is 5.87. The lowest BCUT2D eigenvalue weighted by Crippen LogP contribution is -2.07. The molecule has 1 nitrogen and oxygen atoms in total. The van der Waals surface area contributed by atoms with Crippen molar-refractivity contribution in [3.8, 4) is 0 Å². The first-order valence-electron chi connectivity index (χ1n) is 5.28. The van der Waals surface area contributed by atoms with Crippen LogP contribution in [-0.4, -0.2) is 5.78 Å². The third-order valence-corrected chi connectivity index (χ3v) is 4.00. The van der Waals surface area contributed by atoms with Gasteiger partial charge < -0.3 is 0 Å². The summed E-state index contributed by atoms with van der Waals surface area (Å²) in [7, 11) is 0. The van der Waals surface area contributed by atoms with Crippen LogP contribution in [0.3, 0.4) is 0 Å². The smallest absolute Gasteiger partial charge is 0.180 e. The van der Waals surface area contributed by atoms with Crippen LogP contribution in [0.25, 0.3) is 0 Å². The highest BCUT2D eigenvalue weighted by Gasteiger charge is 2.21. The molecule has 4 heteroatoms. The van der Waals surface area contributed by atoms with E-state index < -0.39 is 4.83 Å². The van der Waals surface area contributed by atoms with E-state index in [0.29, 0.717) is 15.6 Å². The normalized spacial score (nSPS) is 12.2. The number of hydrogen-bond donors (Lipinski definition) is 0. The number of hydrogen-bond acceptors (Lipinski definition) is 1. The Balaban J connectivity index is 2.31. The maximum Gasteiger partial charge on any atom is 0.180 e. The number of rotatable bonds is 3. The molecule has 0 amide bonds. The van der Waals surface area contributed by atoms with Crippen LogP contribution < -0.4 is 0 Å². The van der Waals surface area contributed by atoms with Crippen molar-refractivity contribution in [3.63, 3.8) is 0 Å². The number of carbonyl (C=O) groups excluding carboxylic acids is 1. The van der Waals surface area contributed by atoms with Gasteiger partial charge in [-0.05, 0) is 17.7 Å². The Morgan fingerprint density at radius 1 is 1.06 bits per heavy atom. The molecule has 1 atom stereocenters. The summed E-state index contributed by atoms with van der Waals surface area (Å²) in [5.41, 5.74) is 1.36. The number of benzene rings is 2. The van der Waals surface area contributed by atoms with E-state index in [0.717, 1.165) is 5.56 Å². The Bertz CT molecular complexity index is 569. The minimum atomic E-state index is -0.468. The van der Waals surface area contributed by atoms with E-state index in [1.54, 1.807) is 30.3 Å². The third kappa shape index (κ3) is 2.94. The summed E-state index contributed by atoms with van der Waals surface area (Å²) >= 11 is 15.3. The van der Waals surface area contributed by atoms with Crippen molar-refractivity contribution < 1.29 is 4.79 Å². The largest absolute Gasteiger partial charge is 0.293 e. The van der Waals surface area contributed by atoms with Gasteiger partial charge in [0.2, 0.25) is 0 Å². The van der Waals surface area contributed by atoms with Crippen LogP contribution in [0.1, 0.15) is 20.7 Å². The molecule has 0 radical (unpaired) electrons. The van der Waals surface area contributed by atoms with Gasteiger partial charge in [0.25, 0.3) is 0 Å². The fourth-order valence-electron chi connectivity index (χ4n) is 1.60. The van der Waals surface area contributed by atoms with Gasteiger partial charge in [0.05, 0.1) is 0 Å². The highest BCUT2D eigenvalue weighted by atomic mass is 79.9. The molecule has 1 unspecified atom stereocenters. The lowest BCUT2D eigenvalue weighted by atomic mass is 10.0. The molecule has 92 valence electrons.